The summed E-state index contributed by atoms with van der Waals surface area (Å²) in [6, 6.07) is 51.6. The Morgan fingerprint density at radius 1 is 0.409 bits per heavy atom. The third-order valence-corrected chi connectivity index (χ3v) is 8.25. The molecule has 8 rings (SSSR count). The second-order valence-electron chi connectivity index (χ2n) is 10.7. The second-order valence-corrected chi connectivity index (χ2v) is 11.1. The van der Waals surface area contributed by atoms with Crippen LogP contribution < -0.4 is 0 Å². The van der Waals surface area contributed by atoms with Crippen molar-refractivity contribution in [2.75, 3.05) is 0 Å². The van der Waals surface area contributed by atoms with Gasteiger partial charge in [-0.15, -0.1) is 0 Å². The lowest BCUT2D eigenvalue weighted by Crippen LogP contribution is -2.00. The molecule has 208 valence electrons. The van der Waals surface area contributed by atoms with E-state index in [4.69, 9.17) is 26.6 Å². The Balaban J connectivity index is 1.33. The van der Waals surface area contributed by atoms with E-state index in [0.29, 0.717) is 22.5 Å². The maximum absolute atomic E-state index is 6.67. The molecule has 5 heteroatoms. The molecule has 0 aliphatic rings. The van der Waals surface area contributed by atoms with Crippen molar-refractivity contribution in [1.82, 2.24) is 19.5 Å². The van der Waals surface area contributed by atoms with Crippen molar-refractivity contribution in [2.24, 2.45) is 0 Å². The Labute approximate surface area is 259 Å². The molecule has 2 heterocycles. The van der Waals surface area contributed by atoms with Crippen LogP contribution in [0.25, 0.3) is 72.8 Å². The molecule has 0 N–H and O–H groups in total. The maximum atomic E-state index is 6.67. The lowest BCUT2D eigenvalue weighted by atomic mass is 10.0. The predicted octanol–water partition coefficient (Wildman–Crippen LogP) is 10.3. The summed E-state index contributed by atoms with van der Waals surface area (Å²) in [4.78, 5) is 15.0. The van der Waals surface area contributed by atoms with Crippen LogP contribution in [0.5, 0.6) is 0 Å². The summed E-state index contributed by atoms with van der Waals surface area (Å²) >= 11 is 6.67. The summed E-state index contributed by atoms with van der Waals surface area (Å²) in [7, 11) is 0. The van der Waals surface area contributed by atoms with Crippen molar-refractivity contribution < 1.29 is 0 Å². The molecule has 44 heavy (non-hydrogen) atoms. The first kappa shape index (κ1) is 26.1. The Bertz CT molecular complexity index is 2280. The minimum Gasteiger partial charge on any atom is -0.309 e. The van der Waals surface area contributed by atoms with Crippen molar-refractivity contribution in [2.45, 2.75) is 0 Å². The molecule has 0 spiro atoms. The molecule has 0 amide bonds. The lowest BCUT2D eigenvalue weighted by Gasteiger charge is -2.11. The molecular formula is C39H25ClN4. The number of rotatable bonds is 5. The van der Waals surface area contributed by atoms with Gasteiger partial charge in [-0.2, -0.15) is 0 Å². The molecule has 0 aliphatic carbocycles. The summed E-state index contributed by atoms with van der Waals surface area (Å²) in [5.41, 5.74) is 8.10. The van der Waals surface area contributed by atoms with Gasteiger partial charge in [0.2, 0.25) is 0 Å². The van der Waals surface area contributed by atoms with Crippen LogP contribution in [-0.4, -0.2) is 19.5 Å². The Morgan fingerprint density at radius 3 is 1.64 bits per heavy atom. The quantitative estimate of drug-likeness (QED) is 0.202. The summed E-state index contributed by atoms with van der Waals surface area (Å²) in [5, 5.41) is 3.00. The van der Waals surface area contributed by atoms with E-state index in [1.165, 1.54) is 5.39 Å². The van der Waals surface area contributed by atoms with E-state index in [0.717, 1.165) is 49.9 Å². The third kappa shape index (κ3) is 4.62. The van der Waals surface area contributed by atoms with Crippen LogP contribution in [0.15, 0.2) is 152 Å². The van der Waals surface area contributed by atoms with Gasteiger partial charge in [0.15, 0.2) is 17.5 Å². The van der Waals surface area contributed by atoms with Crippen LogP contribution in [0.2, 0.25) is 5.02 Å². The van der Waals surface area contributed by atoms with Crippen molar-refractivity contribution in [3.63, 3.8) is 0 Å². The number of hydrogen-bond donors (Lipinski definition) is 0. The Hall–Kier alpha value is -5.58. The zero-order valence-electron chi connectivity index (χ0n) is 23.6. The summed E-state index contributed by atoms with van der Waals surface area (Å²) < 4.78 is 2.31. The van der Waals surface area contributed by atoms with Crippen LogP contribution >= 0.6 is 11.6 Å². The highest BCUT2D eigenvalue weighted by molar-refractivity contribution is 6.33. The molecule has 4 nitrogen and oxygen atoms in total. The Kier molecular flexibility index (Phi) is 6.47. The van der Waals surface area contributed by atoms with Crippen LogP contribution in [0.4, 0.5) is 0 Å². The first-order valence-electron chi connectivity index (χ1n) is 14.5. The number of fused-ring (bicyclic) bond motifs is 3. The van der Waals surface area contributed by atoms with Crippen LogP contribution in [-0.2, 0) is 0 Å². The standard InChI is InChI=1S/C39H25ClN4/c40-34-22-20-28(24-32(34)26-12-4-1-5-13-26)38-41-37(27-14-6-2-7-15-27)42-39(43-38)29-21-23-36-33(25-29)31-18-10-11-19-35(31)44(36)30-16-8-3-9-17-30/h1-25H. The van der Waals surface area contributed by atoms with Crippen molar-refractivity contribution in [1.29, 1.82) is 0 Å². The molecule has 0 saturated carbocycles. The number of halogens is 1. The van der Waals surface area contributed by atoms with Crippen LogP contribution in [0, 0.1) is 0 Å². The molecule has 0 atom stereocenters. The fourth-order valence-corrected chi connectivity index (χ4v) is 6.05. The smallest absolute Gasteiger partial charge is 0.164 e. The summed E-state index contributed by atoms with van der Waals surface area (Å²) in [6.07, 6.45) is 0. The molecule has 2 aromatic heterocycles. The van der Waals surface area contributed by atoms with Crippen LogP contribution in [0.1, 0.15) is 0 Å². The van der Waals surface area contributed by atoms with E-state index >= 15 is 0 Å². The molecule has 0 saturated heterocycles. The fourth-order valence-electron chi connectivity index (χ4n) is 5.82. The highest BCUT2D eigenvalue weighted by atomic mass is 35.5. The topological polar surface area (TPSA) is 43.6 Å². The Morgan fingerprint density at radius 2 is 0.932 bits per heavy atom. The molecule has 0 aliphatic heterocycles. The van der Waals surface area contributed by atoms with Gasteiger partial charge < -0.3 is 4.57 Å². The van der Waals surface area contributed by atoms with Gasteiger partial charge in [0.25, 0.3) is 0 Å². The number of benzene rings is 6. The summed E-state index contributed by atoms with van der Waals surface area (Å²) in [5.74, 6) is 1.83. The first-order valence-corrected chi connectivity index (χ1v) is 14.9. The first-order chi connectivity index (χ1) is 21.7. The van der Waals surface area contributed by atoms with Gasteiger partial charge in [-0.05, 0) is 60.2 Å². The van der Waals surface area contributed by atoms with E-state index in [1.807, 2.05) is 66.7 Å². The normalized spacial score (nSPS) is 11.3. The van der Waals surface area contributed by atoms with E-state index in [-0.39, 0.29) is 0 Å². The minimum absolute atomic E-state index is 0.592. The third-order valence-electron chi connectivity index (χ3n) is 7.92. The number of aromatic nitrogens is 4. The predicted molar refractivity (Wildman–Crippen MR) is 181 cm³/mol. The van der Waals surface area contributed by atoms with Crippen molar-refractivity contribution in [3.8, 4) is 51.0 Å². The molecule has 0 bridgehead atoms. The fraction of sp³-hybridized carbons (Fsp3) is 0. The van der Waals surface area contributed by atoms with Gasteiger partial charge in [0.1, 0.15) is 0 Å². The van der Waals surface area contributed by atoms with Gasteiger partial charge in [0.05, 0.1) is 11.0 Å². The number of hydrogen-bond acceptors (Lipinski definition) is 3. The molecular weight excluding hydrogens is 560 g/mol. The lowest BCUT2D eigenvalue weighted by molar-refractivity contribution is 1.07. The van der Waals surface area contributed by atoms with Gasteiger partial charge >= 0.3 is 0 Å². The monoisotopic (exact) mass is 584 g/mol. The molecule has 6 aromatic carbocycles. The van der Waals surface area contributed by atoms with E-state index in [1.54, 1.807) is 0 Å². The second kappa shape index (κ2) is 10.9. The minimum atomic E-state index is 0.592. The number of nitrogens with zero attached hydrogens (tertiary/aromatic N) is 4. The largest absolute Gasteiger partial charge is 0.309 e. The van der Waals surface area contributed by atoms with Crippen molar-refractivity contribution in [3.05, 3.63) is 157 Å². The van der Waals surface area contributed by atoms with Gasteiger partial charge in [-0.3, -0.25) is 0 Å². The van der Waals surface area contributed by atoms with Gasteiger partial charge in [-0.1, -0.05) is 109 Å². The van der Waals surface area contributed by atoms with Crippen LogP contribution in [0.3, 0.4) is 0 Å². The maximum Gasteiger partial charge on any atom is 0.164 e. The average Bonchev–Trinajstić information content (AvgIpc) is 3.43. The SMILES string of the molecule is Clc1ccc(-c2nc(-c3ccccc3)nc(-c3ccc4c(c3)c3ccccc3n4-c3ccccc3)n2)cc1-c1ccccc1. The van der Waals surface area contributed by atoms with Gasteiger partial charge in [0, 0.05) is 43.7 Å². The molecule has 0 unspecified atom stereocenters. The average molecular weight is 585 g/mol. The van der Waals surface area contributed by atoms with Gasteiger partial charge in [-0.25, -0.2) is 15.0 Å². The summed E-state index contributed by atoms with van der Waals surface area (Å²) in [6.45, 7) is 0. The van der Waals surface area contributed by atoms with E-state index in [9.17, 15) is 0 Å². The zero-order chi connectivity index (χ0) is 29.5. The zero-order valence-corrected chi connectivity index (χ0v) is 24.4. The molecule has 8 aromatic rings. The highest BCUT2D eigenvalue weighted by Gasteiger charge is 2.17. The number of para-hydroxylation sites is 2. The molecule has 0 radical (unpaired) electrons. The van der Waals surface area contributed by atoms with E-state index in [2.05, 4.69) is 89.5 Å². The highest BCUT2D eigenvalue weighted by Crippen LogP contribution is 2.36. The van der Waals surface area contributed by atoms with Crippen molar-refractivity contribution >= 4 is 33.4 Å². The molecule has 0 fully saturated rings. The van der Waals surface area contributed by atoms with E-state index < -0.39 is 0 Å².